The number of carbonyl (C=O) groups is 2. The molecule has 2 amide bonds. The molecule has 3 rings (SSSR count). The summed E-state index contributed by atoms with van der Waals surface area (Å²) in [7, 11) is 0. The van der Waals surface area contributed by atoms with Gasteiger partial charge in [0.25, 0.3) is 11.8 Å². The topological polar surface area (TPSA) is 83.4 Å². The van der Waals surface area contributed by atoms with E-state index in [0.29, 0.717) is 16.8 Å². The maximum Gasteiger partial charge on any atom is 0.271 e. The normalized spacial score (nSPS) is 10.5. The lowest BCUT2D eigenvalue weighted by Crippen LogP contribution is -2.18. The van der Waals surface area contributed by atoms with E-state index < -0.39 is 0 Å². The molecule has 0 fully saturated rings. The summed E-state index contributed by atoms with van der Waals surface area (Å²) in [6.07, 6.45) is 4.80. The quantitative estimate of drug-likeness (QED) is 0.551. The van der Waals surface area contributed by atoms with Gasteiger partial charge in [0.2, 0.25) is 0 Å². The predicted molar refractivity (Wildman–Crippen MR) is 100 cm³/mol. The molecule has 2 N–H and O–H groups in total. The first-order valence-corrected chi connectivity index (χ1v) is 7.92. The highest BCUT2D eigenvalue weighted by Crippen LogP contribution is 2.12. The highest BCUT2D eigenvalue weighted by Gasteiger charge is 2.08. The number of rotatable bonds is 5. The number of carbonyl (C=O) groups excluding carboxylic acids is 2. The van der Waals surface area contributed by atoms with Gasteiger partial charge in [0.15, 0.2) is 0 Å². The van der Waals surface area contributed by atoms with Crippen LogP contribution in [0, 0.1) is 0 Å². The van der Waals surface area contributed by atoms with Crippen LogP contribution in [0.15, 0.2) is 84.2 Å². The van der Waals surface area contributed by atoms with E-state index in [0.717, 1.165) is 5.56 Å². The molecule has 6 nitrogen and oxygen atoms in total. The number of nitrogens with zero attached hydrogens (tertiary/aromatic N) is 2. The Balaban J connectivity index is 1.64. The molecule has 0 aliphatic heterocycles. The number of hydrogen-bond donors (Lipinski definition) is 2. The molecule has 6 heteroatoms. The second-order valence-electron chi connectivity index (χ2n) is 5.39. The van der Waals surface area contributed by atoms with E-state index in [4.69, 9.17) is 0 Å². The van der Waals surface area contributed by atoms with Gasteiger partial charge in [-0.05, 0) is 36.4 Å². The average molecular weight is 344 g/mol. The molecule has 2 aromatic carbocycles. The lowest BCUT2D eigenvalue weighted by molar-refractivity contribution is 0.0953. The van der Waals surface area contributed by atoms with Crippen molar-refractivity contribution in [2.24, 2.45) is 5.10 Å². The van der Waals surface area contributed by atoms with E-state index in [2.05, 4.69) is 20.8 Å². The van der Waals surface area contributed by atoms with Crippen LogP contribution in [-0.2, 0) is 0 Å². The molecular weight excluding hydrogens is 328 g/mol. The number of nitrogens with one attached hydrogen (secondary N) is 2. The molecule has 0 spiro atoms. The molecule has 0 radical (unpaired) electrons. The number of aromatic nitrogens is 1. The van der Waals surface area contributed by atoms with Gasteiger partial charge in [-0.15, -0.1) is 0 Å². The zero-order valence-electron chi connectivity index (χ0n) is 13.8. The van der Waals surface area contributed by atoms with Crippen molar-refractivity contribution >= 4 is 23.7 Å². The van der Waals surface area contributed by atoms with Crippen molar-refractivity contribution in [3.63, 3.8) is 0 Å². The third-order valence-electron chi connectivity index (χ3n) is 3.48. The van der Waals surface area contributed by atoms with E-state index in [9.17, 15) is 9.59 Å². The molecule has 3 aromatic rings. The summed E-state index contributed by atoms with van der Waals surface area (Å²) in [5.74, 6) is -0.612. The van der Waals surface area contributed by atoms with E-state index >= 15 is 0 Å². The first-order chi connectivity index (χ1) is 12.7. The van der Waals surface area contributed by atoms with Crippen LogP contribution in [0.25, 0.3) is 0 Å². The lowest BCUT2D eigenvalue weighted by Gasteiger charge is -2.07. The highest BCUT2D eigenvalue weighted by molar-refractivity contribution is 6.05. The fourth-order valence-corrected chi connectivity index (χ4v) is 2.21. The van der Waals surface area contributed by atoms with Gasteiger partial charge in [0.05, 0.1) is 6.21 Å². The summed E-state index contributed by atoms with van der Waals surface area (Å²) >= 11 is 0. The van der Waals surface area contributed by atoms with Crippen LogP contribution in [0.1, 0.15) is 26.3 Å². The first-order valence-electron chi connectivity index (χ1n) is 7.92. The van der Waals surface area contributed by atoms with E-state index in [1.54, 1.807) is 67.0 Å². The molecule has 0 aliphatic rings. The molecule has 1 heterocycles. The van der Waals surface area contributed by atoms with Crippen molar-refractivity contribution in [2.45, 2.75) is 0 Å². The smallest absolute Gasteiger partial charge is 0.271 e. The number of hydrogen-bond acceptors (Lipinski definition) is 4. The van der Waals surface area contributed by atoms with E-state index in [1.807, 2.05) is 12.1 Å². The summed E-state index contributed by atoms with van der Waals surface area (Å²) in [5.41, 5.74) is 4.69. The standard InChI is InChI=1S/C20H16N4O2/c25-19(16-7-2-1-3-8-16)23-18-10-4-9-17(12-18)20(26)24-22-14-15-6-5-11-21-13-15/h1-14H,(H,23,25)(H,24,26). The molecule has 0 unspecified atom stereocenters. The predicted octanol–water partition coefficient (Wildman–Crippen LogP) is 3.10. The third kappa shape index (κ3) is 4.61. The van der Waals surface area contributed by atoms with Crippen LogP contribution < -0.4 is 10.7 Å². The summed E-state index contributed by atoms with van der Waals surface area (Å²) in [5, 5.41) is 6.67. The van der Waals surface area contributed by atoms with Gasteiger partial charge in [-0.1, -0.05) is 30.3 Å². The summed E-state index contributed by atoms with van der Waals surface area (Å²) in [4.78, 5) is 28.3. The first kappa shape index (κ1) is 17.0. The fourth-order valence-electron chi connectivity index (χ4n) is 2.21. The minimum Gasteiger partial charge on any atom is -0.322 e. The van der Waals surface area contributed by atoms with Crippen molar-refractivity contribution in [3.05, 3.63) is 95.8 Å². The maximum atomic E-state index is 12.2. The number of anilines is 1. The highest BCUT2D eigenvalue weighted by atomic mass is 16.2. The van der Waals surface area contributed by atoms with Crippen LogP contribution in [0.5, 0.6) is 0 Å². The monoisotopic (exact) mass is 344 g/mol. The number of pyridine rings is 1. The van der Waals surface area contributed by atoms with Crippen LogP contribution in [-0.4, -0.2) is 23.0 Å². The Bertz CT molecular complexity index is 925. The number of amides is 2. The van der Waals surface area contributed by atoms with Gasteiger partial charge in [0.1, 0.15) is 0 Å². The Hall–Kier alpha value is -3.80. The molecule has 26 heavy (non-hydrogen) atoms. The minimum absolute atomic E-state index is 0.238. The van der Waals surface area contributed by atoms with Crippen molar-refractivity contribution in [2.75, 3.05) is 5.32 Å². The van der Waals surface area contributed by atoms with Crippen LogP contribution >= 0.6 is 0 Å². The summed E-state index contributed by atoms with van der Waals surface area (Å²) in [6.45, 7) is 0. The van der Waals surface area contributed by atoms with Crippen molar-refractivity contribution in [3.8, 4) is 0 Å². The molecule has 0 saturated carbocycles. The largest absolute Gasteiger partial charge is 0.322 e. The average Bonchev–Trinajstić information content (AvgIpc) is 2.69. The molecule has 0 saturated heterocycles. The zero-order chi connectivity index (χ0) is 18.2. The van der Waals surface area contributed by atoms with Crippen molar-refractivity contribution < 1.29 is 9.59 Å². The molecule has 0 bridgehead atoms. The van der Waals surface area contributed by atoms with Crippen LogP contribution in [0.4, 0.5) is 5.69 Å². The number of hydrazone groups is 1. The van der Waals surface area contributed by atoms with Gasteiger partial charge >= 0.3 is 0 Å². The SMILES string of the molecule is O=C(NN=Cc1cccnc1)c1cccc(NC(=O)c2ccccc2)c1. The minimum atomic E-state index is -0.374. The van der Waals surface area contributed by atoms with Crippen molar-refractivity contribution in [1.29, 1.82) is 0 Å². The van der Waals surface area contributed by atoms with Crippen LogP contribution in [0.3, 0.4) is 0 Å². The van der Waals surface area contributed by atoms with Crippen molar-refractivity contribution in [1.82, 2.24) is 10.4 Å². The molecule has 128 valence electrons. The molecule has 0 aliphatic carbocycles. The second kappa shape index (κ2) is 8.34. The Kier molecular flexibility index (Phi) is 5.47. The van der Waals surface area contributed by atoms with E-state index in [-0.39, 0.29) is 11.8 Å². The Labute approximate surface area is 150 Å². The molecular formula is C20H16N4O2. The van der Waals surface area contributed by atoms with Gasteiger partial charge in [0, 0.05) is 34.8 Å². The molecule has 0 atom stereocenters. The Morgan fingerprint density at radius 3 is 2.46 bits per heavy atom. The Morgan fingerprint density at radius 1 is 0.885 bits per heavy atom. The third-order valence-corrected chi connectivity index (χ3v) is 3.48. The van der Waals surface area contributed by atoms with Gasteiger partial charge < -0.3 is 5.32 Å². The second-order valence-corrected chi connectivity index (χ2v) is 5.39. The van der Waals surface area contributed by atoms with Gasteiger partial charge in [-0.2, -0.15) is 5.10 Å². The lowest BCUT2D eigenvalue weighted by atomic mass is 10.1. The van der Waals surface area contributed by atoms with Crippen LogP contribution in [0.2, 0.25) is 0 Å². The molecule has 1 aromatic heterocycles. The fraction of sp³-hybridized carbons (Fsp3) is 0. The van der Waals surface area contributed by atoms with Gasteiger partial charge in [-0.3, -0.25) is 14.6 Å². The number of benzene rings is 2. The van der Waals surface area contributed by atoms with E-state index in [1.165, 1.54) is 6.21 Å². The zero-order valence-corrected chi connectivity index (χ0v) is 13.8. The maximum absolute atomic E-state index is 12.2. The Morgan fingerprint density at radius 2 is 1.69 bits per heavy atom. The van der Waals surface area contributed by atoms with Gasteiger partial charge in [-0.25, -0.2) is 5.43 Å². The summed E-state index contributed by atoms with van der Waals surface area (Å²) < 4.78 is 0. The summed E-state index contributed by atoms with van der Waals surface area (Å²) in [6, 6.07) is 19.1.